The fraction of sp³-hybridized carbons (Fsp3) is 0.815. The molecule has 13 N–H and O–H groups in total. The van der Waals surface area contributed by atoms with E-state index in [9.17, 15) is 47.9 Å². The van der Waals surface area contributed by atoms with E-state index in [0.29, 0.717) is 39.5 Å². The van der Waals surface area contributed by atoms with E-state index in [-0.39, 0.29) is 178 Å². The first-order valence-corrected chi connectivity index (χ1v) is 31.7. The Labute approximate surface area is 539 Å². The summed E-state index contributed by atoms with van der Waals surface area (Å²) >= 11 is 12.5. The number of nitrogens with one attached hydrogen (secondary N) is 11. The van der Waals surface area contributed by atoms with E-state index in [4.69, 9.17) is 53.1 Å². The molecular formula is C54H102N12O20S3. The molecule has 0 bridgehead atoms. The number of hydrogen-bond donors (Lipinski definition) is 15. The van der Waals surface area contributed by atoms with Crippen molar-refractivity contribution >= 4 is 97.0 Å². The van der Waals surface area contributed by atoms with E-state index < -0.39 is 78.7 Å². The molecule has 3 atom stereocenters. The van der Waals surface area contributed by atoms with Gasteiger partial charge in [-0.2, -0.15) is 37.9 Å². The minimum absolute atomic E-state index is 0.00563. The van der Waals surface area contributed by atoms with Gasteiger partial charge in [-0.3, -0.25) is 47.9 Å². The van der Waals surface area contributed by atoms with Gasteiger partial charge in [-0.15, -0.1) is 0 Å². The highest BCUT2D eigenvalue weighted by Crippen LogP contribution is 2.18. The molecule has 0 aromatic rings. The summed E-state index contributed by atoms with van der Waals surface area (Å²) in [5, 5.41) is 28.8. The molecule has 32 nitrogen and oxygen atoms in total. The summed E-state index contributed by atoms with van der Waals surface area (Å²) in [5.74, 6) is -4.90. The molecule has 0 radical (unpaired) electrons. The Morgan fingerprint density at radius 3 is 0.933 bits per heavy atom. The molecule has 10 amide bonds. The predicted molar refractivity (Wildman–Crippen MR) is 336 cm³/mol. The average Bonchev–Trinajstić information content (AvgIpc) is 3.71. The lowest BCUT2D eigenvalue weighted by molar-refractivity contribution is -0.501. The Morgan fingerprint density at radius 2 is 0.640 bits per heavy atom. The molecule has 0 rings (SSSR count). The summed E-state index contributed by atoms with van der Waals surface area (Å²) in [6.45, 7) is 11.0. The number of nitrogens with two attached hydrogens (primary N) is 1. The van der Waals surface area contributed by atoms with Crippen LogP contribution in [0.15, 0.2) is 0 Å². The summed E-state index contributed by atoms with van der Waals surface area (Å²) in [4.78, 5) is 125. The summed E-state index contributed by atoms with van der Waals surface area (Å²) < 4.78 is 56.9. The van der Waals surface area contributed by atoms with Crippen LogP contribution >= 0.6 is 37.9 Å². The standard InChI is InChI=1S/C54H102N12O20S3/c1-6-18-77-21-13-56-43(67)8-10-45(69)64-40(37-87)50(74)61-34-47(71)58-15-23-80-27-31-84-54(83-30-26-79-20-12-55,86-33-29-82-25-17-60-49(73)36-63-52(76)42(39-89)66-53(3,4)5)85-32-28-81-24-16-59-48(72)35-62-51(75)41(38-88)65-46(70)11-9-44(68)57-14-22-78-19-7-2/h40-42,66,87-89H,6-39,55H2,1-5H3,(H,56,67)(H,57,68)(H,58,71)(H,59,72)(H,60,73)(H,61,74)(H,62,75)(H,63,76)(H,64,69)(H,65,70). The third kappa shape index (κ3) is 48.7. The Kier molecular flexibility index (Phi) is 52.0. The first-order chi connectivity index (χ1) is 42.7. The van der Waals surface area contributed by atoms with Crippen molar-refractivity contribution in [1.82, 2.24) is 58.5 Å². The quantitative estimate of drug-likeness (QED) is 0.0155. The van der Waals surface area contributed by atoms with Crippen LogP contribution < -0.4 is 64.2 Å². The number of carbonyl (C=O) groups is 10. The molecule has 35 heteroatoms. The molecule has 0 aliphatic carbocycles. The van der Waals surface area contributed by atoms with Crippen LogP contribution in [-0.4, -0.2) is 271 Å². The number of rotatable bonds is 58. The minimum atomic E-state index is -2.19. The molecule has 0 saturated carbocycles. The molecule has 3 unspecified atom stereocenters. The maximum absolute atomic E-state index is 12.7. The van der Waals surface area contributed by atoms with Crippen molar-refractivity contribution in [3.05, 3.63) is 0 Å². The van der Waals surface area contributed by atoms with Crippen molar-refractivity contribution < 1.29 is 95.3 Å². The first kappa shape index (κ1) is 84.3. The van der Waals surface area contributed by atoms with Crippen LogP contribution in [0.1, 0.15) is 73.1 Å². The van der Waals surface area contributed by atoms with E-state index in [0.717, 1.165) is 12.8 Å². The minimum Gasteiger partial charge on any atom is -0.380 e. The van der Waals surface area contributed by atoms with E-state index in [1.54, 1.807) is 0 Å². The Hall–Kier alpha value is -4.73. The van der Waals surface area contributed by atoms with Gasteiger partial charge in [0.25, 0.3) is 0 Å². The highest BCUT2D eigenvalue weighted by Gasteiger charge is 2.36. The van der Waals surface area contributed by atoms with Gasteiger partial charge in [0.2, 0.25) is 59.1 Å². The molecular weight excluding hydrogens is 1230 g/mol. The second kappa shape index (κ2) is 55.0. The average molecular weight is 1340 g/mol. The van der Waals surface area contributed by atoms with Crippen LogP contribution in [0.2, 0.25) is 0 Å². The van der Waals surface area contributed by atoms with Gasteiger partial charge in [0.15, 0.2) is 0 Å². The fourth-order valence-corrected chi connectivity index (χ4v) is 7.55. The highest BCUT2D eigenvalue weighted by molar-refractivity contribution is 7.80. The van der Waals surface area contributed by atoms with E-state index >= 15 is 0 Å². The van der Waals surface area contributed by atoms with E-state index in [1.807, 2.05) is 34.6 Å². The summed E-state index contributed by atoms with van der Waals surface area (Å²) in [7, 11) is 0. The van der Waals surface area contributed by atoms with E-state index in [1.165, 1.54) is 0 Å². The van der Waals surface area contributed by atoms with Crippen molar-refractivity contribution in [2.75, 3.05) is 182 Å². The second-order valence-electron chi connectivity index (χ2n) is 20.0. The third-order valence-corrected chi connectivity index (χ3v) is 12.1. The predicted octanol–water partition coefficient (Wildman–Crippen LogP) is -4.45. The van der Waals surface area contributed by atoms with Crippen molar-refractivity contribution in [2.45, 2.75) is 103 Å². The molecule has 89 heavy (non-hydrogen) atoms. The van der Waals surface area contributed by atoms with Gasteiger partial charge >= 0.3 is 6.16 Å². The SMILES string of the molecule is CCCOCCNC(=O)CCC(=O)NC(CS)C(=O)NCC(=O)NCCOCCOC(OCCOCCN)(OCCOCCNC(=O)CNC(=O)C(CS)NC(=O)CCC(=O)NCCOCCC)OCCOCCNC(=O)CNC(=O)C(CS)NC(C)(C)C. The van der Waals surface area contributed by atoms with Gasteiger partial charge in [0.1, 0.15) is 12.1 Å². The van der Waals surface area contributed by atoms with Crippen molar-refractivity contribution in [2.24, 2.45) is 5.73 Å². The van der Waals surface area contributed by atoms with Crippen LogP contribution in [0.4, 0.5) is 0 Å². The molecule has 0 spiro atoms. The fourth-order valence-electron chi connectivity index (χ4n) is 6.78. The molecule has 0 aliphatic heterocycles. The summed E-state index contributed by atoms with van der Waals surface area (Å²) in [6.07, 6.45) is -1.00. The number of carbonyl (C=O) groups excluding carboxylic acids is 10. The zero-order valence-electron chi connectivity index (χ0n) is 52.4. The molecule has 0 fully saturated rings. The summed E-state index contributed by atoms with van der Waals surface area (Å²) in [6, 6.07) is -2.72. The van der Waals surface area contributed by atoms with Gasteiger partial charge in [0.05, 0.1) is 118 Å². The summed E-state index contributed by atoms with van der Waals surface area (Å²) in [5.41, 5.74) is 5.23. The largest absolute Gasteiger partial charge is 0.413 e. The normalized spacial score (nSPS) is 13.0. The third-order valence-electron chi connectivity index (χ3n) is 11.0. The maximum Gasteiger partial charge on any atom is 0.413 e. The van der Waals surface area contributed by atoms with Gasteiger partial charge in [-0.05, 0) is 33.6 Å². The Balaban J connectivity index is 5.39. The van der Waals surface area contributed by atoms with Crippen LogP contribution in [-0.2, 0) is 95.3 Å². The number of thiol groups is 3. The smallest absolute Gasteiger partial charge is 0.380 e. The van der Waals surface area contributed by atoms with Crippen molar-refractivity contribution in [1.29, 1.82) is 0 Å². The maximum atomic E-state index is 12.7. The first-order valence-electron chi connectivity index (χ1n) is 29.8. The van der Waals surface area contributed by atoms with Gasteiger partial charge in [-0.25, -0.2) is 0 Å². The lowest BCUT2D eigenvalue weighted by Crippen LogP contribution is -2.53. The lowest BCUT2D eigenvalue weighted by Gasteiger charge is -2.32. The number of amides is 10. The number of ether oxygens (including phenoxy) is 10. The molecule has 516 valence electrons. The van der Waals surface area contributed by atoms with Crippen molar-refractivity contribution in [3.63, 3.8) is 0 Å². The van der Waals surface area contributed by atoms with Crippen LogP contribution in [0.25, 0.3) is 0 Å². The topological polar surface area (TPSA) is 421 Å². The van der Waals surface area contributed by atoms with E-state index in [2.05, 4.69) is 96.4 Å². The zero-order chi connectivity index (χ0) is 66.4. The van der Waals surface area contributed by atoms with Crippen LogP contribution in [0.3, 0.4) is 0 Å². The second-order valence-corrected chi connectivity index (χ2v) is 21.1. The Bertz CT molecular complexity index is 1910. The van der Waals surface area contributed by atoms with Gasteiger partial charge in [0, 0.05) is 101 Å². The molecule has 0 aliphatic rings. The number of hydrogen-bond acceptors (Lipinski definition) is 25. The highest BCUT2D eigenvalue weighted by atomic mass is 32.1. The molecule has 0 aromatic heterocycles. The molecule has 0 aromatic carbocycles. The van der Waals surface area contributed by atoms with Crippen molar-refractivity contribution in [3.8, 4) is 0 Å². The zero-order valence-corrected chi connectivity index (χ0v) is 55.0. The molecule has 0 saturated heterocycles. The van der Waals surface area contributed by atoms with Gasteiger partial charge < -0.3 is 112 Å². The van der Waals surface area contributed by atoms with Crippen LogP contribution in [0.5, 0.6) is 0 Å². The lowest BCUT2D eigenvalue weighted by atomic mass is 10.1. The molecule has 0 heterocycles. The monoisotopic (exact) mass is 1330 g/mol. The Morgan fingerprint density at radius 1 is 0.360 bits per heavy atom. The van der Waals surface area contributed by atoms with Gasteiger partial charge in [-0.1, -0.05) is 13.8 Å². The van der Waals surface area contributed by atoms with Crippen LogP contribution in [0, 0.1) is 0 Å².